The van der Waals surface area contributed by atoms with Crippen LogP contribution in [0.15, 0.2) is 24.3 Å². The number of benzene rings is 1. The lowest BCUT2D eigenvalue weighted by Gasteiger charge is -1.99. The number of carbonyl (C=O) groups excluding carboxylic acids is 1. The fourth-order valence-electron chi connectivity index (χ4n) is 1.04. The zero-order valence-corrected chi connectivity index (χ0v) is 9.05. The van der Waals surface area contributed by atoms with Crippen molar-refractivity contribution < 1.29 is 4.79 Å². The Bertz CT molecular complexity index is 407. The van der Waals surface area contributed by atoms with Crippen molar-refractivity contribution in [2.24, 2.45) is 5.84 Å². The van der Waals surface area contributed by atoms with Crippen LogP contribution < -0.4 is 11.3 Å². The molecular weight excluding hydrogens is 208 g/mol. The summed E-state index contributed by atoms with van der Waals surface area (Å²) in [5.74, 6) is 11.3. The molecule has 0 saturated heterocycles. The Hall–Kier alpha value is -1.44. The molecule has 1 rings (SSSR count). The second-order valence-corrected chi connectivity index (χ2v) is 3.28. The van der Waals surface area contributed by atoms with E-state index in [9.17, 15) is 4.79 Å². The fraction of sp³-hybridized carbons (Fsp3) is 0.182. The predicted octanol–water partition coefficient (Wildman–Crippen LogP) is 0.961. The number of hydrazine groups is 1. The zero-order chi connectivity index (χ0) is 11.1. The normalized spacial score (nSPS) is 8.93. The second-order valence-electron chi connectivity index (χ2n) is 2.83. The van der Waals surface area contributed by atoms with Crippen molar-refractivity contribution >= 4 is 18.5 Å². The van der Waals surface area contributed by atoms with Crippen LogP contribution in [0.3, 0.4) is 0 Å². The van der Waals surface area contributed by atoms with Gasteiger partial charge in [0.05, 0.1) is 0 Å². The third-order valence-corrected chi connectivity index (χ3v) is 1.95. The standard InChI is InChI=1S/C11H12N2OS/c12-13-11(14)10-6-3-5-9(8-10)4-1-2-7-15/h3,5-6,8,15H,2,7,12H2,(H,13,14). The van der Waals surface area contributed by atoms with Gasteiger partial charge in [-0.25, -0.2) is 5.84 Å². The van der Waals surface area contributed by atoms with E-state index in [-0.39, 0.29) is 5.91 Å². The number of amides is 1. The number of thiol groups is 1. The minimum absolute atomic E-state index is 0.312. The molecule has 0 heterocycles. The maximum absolute atomic E-state index is 11.2. The van der Waals surface area contributed by atoms with Gasteiger partial charge in [0, 0.05) is 23.3 Å². The Morgan fingerprint density at radius 1 is 1.53 bits per heavy atom. The fourth-order valence-corrected chi connectivity index (χ4v) is 1.15. The van der Waals surface area contributed by atoms with E-state index in [1.165, 1.54) is 0 Å². The third-order valence-electron chi connectivity index (χ3n) is 1.73. The quantitative estimate of drug-likeness (QED) is 0.229. The molecule has 4 heteroatoms. The molecule has 3 N–H and O–H groups in total. The molecule has 3 nitrogen and oxygen atoms in total. The summed E-state index contributed by atoms with van der Waals surface area (Å²) in [5, 5.41) is 0. The molecule has 1 amide bonds. The van der Waals surface area contributed by atoms with E-state index in [0.29, 0.717) is 5.56 Å². The number of hydrogen-bond acceptors (Lipinski definition) is 3. The van der Waals surface area contributed by atoms with Crippen molar-refractivity contribution in [3.8, 4) is 11.8 Å². The lowest BCUT2D eigenvalue weighted by molar-refractivity contribution is 0.0953. The Balaban J connectivity index is 2.84. The van der Waals surface area contributed by atoms with Crippen molar-refractivity contribution in [1.29, 1.82) is 0 Å². The van der Waals surface area contributed by atoms with Crippen molar-refractivity contribution in [2.45, 2.75) is 6.42 Å². The van der Waals surface area contributed by atoms with Gasteiger partial charge in [0.25, 0.3) is 5.91 Å². The molecule has 78 valence electrons. The van der Waals surface area contributed by atoms with Gasteiger partial charge in [-0.1, -0.05) is 17.9 Å². The molecule has 1 aromatic rings. The summed E-state index contributed by atoms with van der Waals surface area (Å²) in [6.07, 6.45) is 0.733. The molecule has 0 unspecified atom stereocenters. The highest BCUT2D eigenvalue weighted by Gasteiger charge is 2.01. The molecule has 0 bridgehead atoms. The summed E-state index contributed by atoms with van der Waals surface area (Å²) in [7, 11) is 0. The molecule has 0 aliphatic rings. The summed E-state index contributed by atoms with van der Waals surface area (Å²) >= 11 is 4.05. The summed E-state index contributed by atoms with van der Waals surface area (Å²) in [4.78, 5) is 11.2. The van der Waals surface area contributed by atoms with Crippen LogP contribution >= 0.6 is 12.6 Å². The van der Waals surface area contributed by atoms with Gasteiger partial charge in [-0.15, -0.1) is 0 Å². The Morgan fingerprint density at radius 3 is 3.00 bits per heavy atom. The van der Waals surface area contributed by atoms with E-state index in [2.05, 4.69) is 29.9 Å². The molecule has 0 atom stereocenters. The Labute approximate surface area is 94.4 Å². The van der Waals surface area contributed by atoms with Crippen LogP contribution in [0.5, 0.6) is 0 Å². The number of nitrogens with two attached hydrogens (primary N) is 1. The van der Waals surface area contributed by atoms with Crippen LogP contribution in [-0.4, -0.2) is 11.7 Å². The molecule has 0 aromatic heterocycles. The highest BCUT2D eigenvalue weighted by atomic mass is 32.1. The van der Waals surface area contributed by atoms with E-state index in [4.69, 9.17) is 5.84 Å². The van der Waals surface area contributed by atoms with Crippen LogP contribution in [0, 0.1) is 11.8 Å². The van der Waals surface area contributed by atoms with Gasteiger partial charge in [0.2, 0.25) is 0 Å². The smallest absolute Gasteiger partial charge is 0.265 e. The molecule has 0 fully saturated rings. The van der Waals surface area contributed by atoms with E-state index >= 15 is 0 Å². The van der Waals surface area contributed by atoms with Crippen molar-refractivity contribution in [2.75, 3.05) is 5.75 Å². The number of rotatable bonds is 2. The van der Waals surface area contributed by atoms with Crippen molar-refractivity contribution in [3.63, 3.8) is 0 Å². The lowest BCUT2D eigenvalue weighted by Crippen LogP contribution is -2.29. The SMILES string of the molecule is NNC(=O)c1cccc(C#CCCS)c1. The monoisotopic (exact) mass is 220 g/mol. The highest BCUT2D eigenvalue weighted by molar-refractivity contribution is 7.80. The minimum Gasteiger partial charge on any atom is -0.290 e. The van der Waals surface area contributed by atoms with Gasteiger partial charge in [-0.3, -0.25) is 10.2 Å². The highest BCUT2D eigenvalue weighted by Crippen LogP contribution is 2.03. The van der Waals surface area contributed by atoms with E-state index in [0.717, 1.165) is 17.7 Å². The van der Waals surface area contributed by atoms with Gasteiger partial charge in [-0.2, -0.15) is 12.6 Å². The Morgan fingerprint density at radius 2 is 2.33 bits per heavy atom. The first kappa shape index (κ1) is 11.6. The molecular formula is C11H12N2OS. The summed E-state index contributed by atoms with van der Waals surface area (Å²) in [5.41, 5.74) is 3.39. The minimum atomic E-state index is -0.312. The van der Waals surface area contributed by atoms with Gasteiger partial charge in [0.1, 0.15) is 0 Å². The first-order chi connectivity index (χ1) is 7.27. The van der Waals surface area contributed by atoms with Crippen LogP contribution in [-0.2, 0) is 0 Å². The predicted molar refractivity (Wildman–Crippen MR) is 63.4 cm³/mol. The largest absolute Gasteiger partial charge is 0.290 e. The maximum atomic E-state index is 11.2. The van der Waals surface area contributed by atoms with Crippen LogP contribution in [0.25, 0.3) is 0 Å². The van der Waals surface area contributed by atoms with Gasteiger partial charge < -0.3 is 0 Å². The average molecular weight is 220 g/mol. The average Bonchev–Trinajstić information content (AvgIpc) is 2.29. The summed E-state index contributed by atoms with van der Waals surface area (Å²) in [6.45, 7) is 0. The summed E-state index contributed by atoms with van der Waals surface area (Å²) < 4.78 is 0. The van der Waals surface area contributed by atoms with Gasteiger partial charge >= 0.3 is 0 Å². The number of hydrogen-bond donors (Lipinski definition) is 3. The second kappa shape index (κ2) is 6.12. The number of nitrogen functional groups attached to an aromatic ring is 1. The van der Waals surface area contributed by atoms with Crippen LogP contribution in [0.4, 0.5) is 0 Å². The van der Waals surface area contributed by atoms with Crippen LogP contribution in [0.1, 0.15) is 22.3 Å². The molecule has 0 saturated carbocycles. The van der Waals surface area contributed by atoms with E-state index in [1.807, 2.05) is 6.07 Å². The van der Waals surface area contributed by atoms with Crippen molar-refractivity contribution in [3.05, 3.63) is 35.4 Å². The van der Waals surface area contributed by atoms with Gasteiger partial charge in [0.15, 0.2) is 0 Å². The van der Waals surface area contributed by atoms with Crippen LogP contribution in [0.2, 0.25) is 0 Å². The third kappa shape index (κ3) is 3.66. The number of nitrogens with one attached hydrogen (secondary N) is 1. The molecule has 0 aliphatic carbocycles. The zero-order valence-electron chi connectivity index (χ0n) is 8.16. The molecule has 0 aliphatic heterocycles. The lowest BCUT2D eigenvalue weighted by atomic mass is 10.1. The molecule has 15 heavy (non-hydrogen) atoms. The first-order valence-corrected chi connectivity index (χ1v) is 5.12. The Kier molecular flexibility index (Phi) is 4.75. The first-order valence-electron chi connectivity index (χ1n) is 4.48. The van der Waals surface area contributed by atoms with Gasteiger partial charge in [-0.05, 0) is 18.2 Å². The number of carbonyl (C=O) groups is 1. The summed E-state index contributed by atoms with van der Waals surface area (Å²) in [6, 6.07) is 7.01. The van der Waals surface area contributed by atoms with E-state index < -0.39 is 0 Å². The van der Waals surface area contributed by atoms with Crippen molar-refractivity contribution in [1.82, 2.24) is 5.43 Å². The maximum Gasteiger partial charge on any atom is 0.265 e. The molecule has 0 radical (unpaired) electrons. The molecule has 0 spiro atoms. The van der Waals surface area contributed by atoms with E-state index in [1.54, 1.807) is 18.2 Å². The molecule has 1 aromatic carbocycles. The topological polar surface area (TPSA) is 55.1 Å².